The number of hydrogen-bond donors (Lipinski definition) is 3. The average molecular weight is 237 g/mol. The molecule has 8 nitrogen and oxygen atoms in total. The van der Waals surface area contributed by atoms with E-state index in [4.69, 9.17) is 14.8 Å². The molecule has 14 heavy (non-hydrogen) atoms. The Labute approximate surface area is 101 Å². The fourth-order valence-electron chi connectivity index (χ4n) is 0.468. The monoisotopic (exact) mass is 237 g/mol. The van der Waals surface area contributed by atoms with Crippen LogP contribution in [0.4, 0.5) is 0 Å². The molecule has 0 amide bonds. The van der Waals surface area contributed by atoms with Gasteiger partial charge < -0.3 is 10.2 Å². The molecule has 0 bridgehead atoms. The average Bonchev–Trinajstić information content (AvgIpc) is 1.81. The third-order valence-electron chi connectivity index (χ3n) is 0.873. The predicted octanol–water partition coefficient (Wildman–Crippen LogP) is -1.65. The number of rotatable bonds is 5. The minimum Gasteiger partial charge on any atom is -0.481 e. The van der Waals surface area contributed by atoms with Crippen molar-refractivity contribution in [2.45, 2.75) is 12.5 Å². The normalized spacial score (nSPS) is 12.6. The molecule has 0 aliphatic heterocycles. The third-order valence-corrected chi connectivity index (χ3v) is 1.35. The molecule has 1 radical (unpaired) electrons. The van der Waals surface area contributed by atoms with Crippen molar-refractivity contribution in [1.82, 2.24) is 0 Å². The fourth-order valence-corrected chi connectivity index (χ4v) is 0.912. The molecular formula is C4H6NaO8S. The van der Waals surface area contributed by atoms with Gasteiger partial charge in [0.1, 0.15) is 0 Å². The Morgan fingerprint density at radius 3 is 1.93 bits per heavy atom. The maximum absolute atomic E-state index is 10.1. The van der Waals surface area contributed by atoms with Crippen LogP contribution >= 0.6 is 0 Å². The Bertz CT molecular complexity index is 307. The summed E-state index contributed by atoms with van der Waals surface area (Å²) >= 11 is 0. The van der Waals surface area contributed by atoms with Crippen LogP contribution in [-0.4, -0.2) is 70.8 Å². The van der Waals surface area contributed by atoms with Crippen molar-refractivity contribution in [3.05, 3.63) is 0 Å². The van der Waals surface area contributed by atoms with Gasteiger partial charge in [0.2, 0.25) is 0 Å². The molecule has 0 fully saturated rings. The topological polar surface area (TPSA) is 138 Å². The number of hydrogen-bond acceptors (Lipinski definition) is 5. The Morgan fingerprint density at radius 1 is 1.29 bits per heavy atom. The van der Waals surface area contributed by atoms with Crippen LogP contribution in [0.5, 0.6) is 0 Å². The standard InChI is InChI=1S/C4H6O8S.Na/c5-3(6)1-2(4(7)8)12-13(9,10)11;/h2H,1H2,(H,5,6)(H,7,8)(H,9,10,11);. The first-order chi connectivity index (χ1) is 5.72. The molecule has 0 heterocycles. The SMILES string of the molecule is O=C(O)CC(OS(=O)(=O)O)C(=O)O.[Na]. The molecule has 1 unspecified atom stereocenters. The van der Waals surface area contributed by atoms with E-state index < -0.39 is 34.9 Å². The Balaban J connectivity index is 0. The Morgan fingerprint density at radius 2 is 1.71 bits per heavy atom. The van der Waals surface area contributed by atoms with Crippen molar-refractivity contribution in [2.75, 3.05) is 0 Å². The van der Waals surface area contributed by atoms with Crippen LogP contribution in [0.25, 0.3) is 0 Å². The van der Waals surface area contributed by atoms with E-state index in [2.05, 4.69) is 4.18 Å². The van der Waals surface area contributed by atoms with Crippen molar-refractivity contribution in [2.24, 2.45) is 0 Å². The zero-order valence-electron chi connectivity index (χ0n) is 7.08. The van der Waals surface area contributed by atoms with Gasteiger partial charge in [0.25, 0.3) is 0 Å². The number of aliphatic carboxylic acids is 2. The van der Waals surface area contributed by atoms with E-state index in [-0.39, 0.29) is 29.6 Å². The summed E-state index contributed by atoms with van der Waals surface area (Å²) in [6.45, 7) is 0. The van der Waals surface area contributed by atoms with Gasteiger partial charge in [-0.1, -0.05) is 0 Å². The van der Waals surface area contributed by atoms with Crippen LogP contribution in [0, 0.1) is 0 Å². The van der Waals surface area contributed by atoms with E-state index in [1.54, 1.807) is 0 Å². The maximum Gasteiger partial charge on any atom is 0.398 e. The molecule has 0 aromatic heterocycles. The zero-order valence-corrected chi connectivity index (χ0v) is 9.89. The Kier molecular flexibility index (Phi) is 7.34. The molecule has 0 saturated heterocycles. The quantitative estimate of drug-likeness (QED) is 0.382. The van der Waals surface area contributed by atoms with Crippen molar-refractivity contribution in [1.29, 1.82) is 0 Å². The van der Waals surface area contributed by atoms with Gasteiger partial charge in [0.05, 0.1) is 6.42 Å². The van der Waals surface area contributed by atoms with E-state index in [9.17, 15) is 18.0 Å². The van der Waals surface area contributed by atoms with E-state index in [0.29, 0.717) is 0 Å². The molecule has 10 heteroatoms. The van der Waals surface area contributed by atoms with Gasteiger partial charge in [-0.15, -0.1) is 0 Å². The summed E-state index contributed by atoms with van der Waals surface area (Å²) in [5.74, 6) is -3.35. The van der Waals surface area contributed by atoms with Crippen LogP contribution in [0.2, 0.25) is 0 Å². The molecule has 0 aliphatic rings. The van der Waals surface area contributed by atoms with Crippen molar-refractivity contribution in [3.63, 3.8) is 0 Å². The van der Waals surface area contributed by atoms with Crippen LogP contribution < -0.4 is 0 Å². The second-order valence-corrected chi connectivity index (χ2v) is 3.00. The van der Waals surface area contributed by atoms with Gasteiger partial charge >= 0.3 is 22.3 Å². The van der Waals surface area contributed by atoms with Crippen molar-refractivity contribution >= 4 is 51.9 Å². The predicted molar refractivity (Wildman–Crippen MR) is 42.1 cm³/mol. The summed E-state index contributed by atoms with van der Waals surface area (Å²) < 4.78 is 31.6. The molecule has 0 spiro atoms. The molecule has 0 aromatic rings. The number of carboxylic acids is 2. The van der Waals surface area contributed by atoms with Gasteiger partial charge in [-0.05, 0) is 0 Å². The van der Waals surface area contributed by atoms with Crippen molar-refractivity contribution < 1.29 is 37.0 Å². The smallest absolute Gasteiger partial charge is 0.398 e. The second-order valence-electron chi connectivity index (χ2n) is 1.95. The first-order valence-corrected chi connectivity index (χ1v) is 4.19. The molecule has 0 aliphatic carbocycles. The summed E-state index contributed by atoms with van der Waals surface area (Å²) in [4.78, 5) is 20.1. The van der Waals surface area contributed by atoms with Gasteiger partial charge in [-0.3, -0.25) is 9.35 Å². The molecule has 0 saturated carbocycles. The van der Waals surface area contributed by atoms with E-state index in [0.717, 1.165) is 0 Å². The van der Waals surface area contributed by atoms with Crippen LogP contribution in [-0.2, 0) is 24.2 Å². The summed E-state index contributed by atoms with van der Waals surface area (Å²) in [6.07, 6.45) is -3.18. The van der Waals surface area contributed by atoms with Crippen LogP contribution in [0.3, 0.4) is 0 Å². The number of carboxylic acid groups (broad SMARTS) is 2. The molecule has 0 aromatic carbocycles. The minimum absolute atomic E-state index is 0. The summed E-state index contributed by atoms with van der Waals surface area (Å²) in [5.41, 5.74) is 0. The van der Waals surface area contributed by atoms with Crippen LogP contribution in [0.15, 0.2) is 0 Å². The first-order valence-electron chi connectivity index (χ1n) is 2.82. The minimum atomic E-state index is -4.96. The van der Waals surface area contributed by atoms with E-state index >= 15 is 0 Å². The van der Waals surface area contributed by atoms with Crippen molar-refractivity contribution in [3.8, 4) is 0 Å². The molecule has 0 rings (SSSR count). The summed E-state index contributed by atoms with van der Waals surface area (Å²) in [5, 5.41) is 16.3. The molecular weight excluding hydrogens is 231 g/mol. The van der Waals surface area contributed by atoms with E-state index in [1.165, 1.54) is 0 Å². The van der Waals surface area contributed by atoms with Gasteiger partial charge in [0, 0.05) is 29.6 Å². The zero-order chi connectivity index (χ0) is 10.6. The maximum atomic E-state index is 10.1. The van der Waals surface area contributed by atoms with Gasteiger partial charge in [-0.2, -0.15) is 8.42 Å². The molecule has 3 N–H and O–H groups in total. The second kappa shape index (κ2) is 6.32. The fraction of sp³-hybridized carbons (Fsp3) is 0.500. The summed E-state index contributed by atoms with van der Waals surface area (Å²) in [6, 6.07) is 0. The largest absolute Gasteiger partial charge is 0.481 e. The van der Waals surface area contributed by atoms with E-state index in [1.807, 2.05) is 0 Å². The molecule has 1 atom stereocenters. The third kappa shape index (κ3) is 8.41. The summed E-state index contributed by atoms with van der Waals surface area (Å²) in [7, 11) is -4.96. The van der Waals surface area contributed by atoms with Crippen LogP contribution in [0.1, 0.15) is 6.42 Å². The molecule has 77 valence electrons. The number of carbonyl (C=O) groups is 2. The Hall–Kier alpha value is -0.190. The first kappa shape index (κ1) is 16.2. The van der Waals surface area contributed by atoms with Gasteiger partial charge in [-0.25, -0.2) is 8.98 Å². The van der Waals surface area contributed by atoms with Gasteiger partial charge in [0.15, 0.2) is 6.10 Å².